The SMILES string of the molecule is CCNc1nc(NCc2cccc(Cl)c2)cc(-c2cccnc2)n1. The molecule has 6 heteroatoms. The molecule has 0 aliphatic carbocycles. The standard InChI is InChI=1S/C18H18ClN5/c1-2-21-18-23-16(14-6-4-8-20-12-14)10-17(24-18)22-11-13-5-3-7-15(19)9-13/h3-10,12H,2,11H2,1H3,(H2,21,22,23,24). The summed E-state index contributed by atoms with van der Waals surface area (Å²) in [5.74, 6) is 1.34. The molecule has 0 aliphatic rings. The van der Waals surface area contributed by atoms with E-state index in [1.54, 1.807) is 12.4 Å². The molecule has 3 aromatic rings. The lowest BCUT2D eigenvalue weighted by Gasteiger charge is -2.11. The molecule has 0 fully saturated rings. The van der Waals surface area contributed by atoms with Crippen LogP contribution in [0, 0.1) is 0 Å². The molecule has 0 aliphatic heterocycles. The zero-order valence-corrected chi connectivity index (χ0v) is 14.1. The topological polar surface area (TPSA) is 62.7 Å². The lowest BCUT2D eigenvalue weighted by Crippen LogP contribution is -2.07. The van der Waals surface area contributed by atoms with E-state index >= 15 is 0 Å². The Morgan fingerprint density at radius 3 is 2.71 bits per heavy atom. The predicted molar refractivity (Wildman–Crippen MR) is 98.2 cm³/mol. The van der Waals surface area contributed by atoms with E-state index in [1.807, 2.05) is 49.4 Å². The number of aromatic nitrogens is 3. The minimum absolute atomic E-state index is 0.590. The summed E-state index contributed by atoms with van der Waals surface area (Å²) in [6.07, 6.45) is 3.53. The highest BCUT2D eigenvalue weighted by molar-refractivity contribution is 6.30. The van der Waals surface area contributed by atoms with Crippen molar-refractivity contribution in [3.05, 3.63) is 65.4 Å². The molecule has 24 heavy (non-hydrogen) atoms. The van der Waals surface area contributed by atoms with Gasteiger partial charge in [-0.25, -0.2) is 4.98 Å². The molecule has 2 N–H and O–H groups in total. The van der Waals surface area contributed by atoms with E-state index in [-0.39, 0.29) is 0 Å². The predicted octanol–water partition coefficient (Wildman–Crippen LogP) is 4.24. The van der Waals surface area contributed by atoms with Gasteiger partial charge in [-0.2, -0.15) is 4.98 Å². The molecule has 5 nitrogen and oxygen atoms in total. The van der Waals surface area contributed by atoms with Crippen molar-refractivity contribution in [1.82, 2.24) is 15.0 Å². The summed E-state index contributed by atoms with van der Waals surface area (Å²) in [6.45, 7) is 3.40. The molecular weight excluding hydrogens is 322 g/mol. The van der Waals surface area contributed by atoms with Gasteiger partial charge in [0.15, 0.2) is 0 Å². The summed E-state index contributed by atoms with van der Waals surface area (Å²) < 4.78 is 0. The Morgan fingerprint density at radius 1 is 1.04 bits per heavy atom. The minimum Gasteiger partial charge on any atom is -0.366 e. The lowest BCUT2D eigenvalue weighted by molar-refractivity contribution is 1.05. The molecular formula is C18H18ClN5. The summed E-state index contributed by atoms with van der Waals surface area (Å²) in [7, 11) is 0. The van der Waals surface area contributed by atoms with Crippen LogP contribution in [0.15, 0.2) is 54.9 Å². The van der Waals surface area contributed by atoms with Crippen molar-refractivity contribution < 1.29 is 0 Å². The van der Waals surface area contributed by atoms with Crippen LogP contribution < -0.4 is 10.6 Å². The molecule has 3 rings (SSSR count). The molecule has 2 heterocycles. The van der Waals surface area contributed by atoms with Crippen LogP contribution in [0.25, 0.3) is 11.3 Å². The van der Waals surface area contributed by atoms with Crippen LogP contribution in [0.5, 0.6) is 0 Å². The fourth-order valence-corrected chi connectivity index (χ4v) is 2.49. The molecule has 0 atom stereocenters. The Morgan fingerprint density at radius 2 is 1.96 bits per heavy atom. The third-order valence-corrected chi connectivity index (χ3v) is 3.62. The molecule has 0 amide bonds. The monoisotopic (exact) mass is 339 g/mol. The van der Waals surface area contributed by atoms with E-state index in [0.29, 0.717) is 12.5 Å². The maximum absolute atomic E-state index is 6.03. The number of rotatable bonds is 6. The average molecular weight is 340 g/mol. The zero-order chi connectivity index (χ0) is 16.8. The van der Waals surface area contributed by atoms with E-state index in [4.69, 9.17) is 11.6 Å². The number of pyridine rings is 1. The Kier molecular flexibility index (Phi) is 5.23. The molecule has 0 radical (unpaired) electrons. The average Bonchev–Trinajstić information content (AvgIpc) is 2.61. The van der Waals surface area contributed by atoms with Crippen molar-refractivity contribution in [2.24, 2.45) is 0 Å². The number of anilines is 2. The molecule has 0 saturated carbocycles. The van der Waals surface area contributed by atoms with Crippen LogP contribution in [-0.2, 0) is 6.54 Å². The van der Waals surface area contributed by atoms with Crippen molar-refractivity contribution in [1.29, 1.82) is 0 Å². The van der Waals surface area contributed by atoms with Crippen molar-refractivity contribution >= 4 is 23.4 Å². The quantitative estimate of drug-likeness (QED) is 0.703. The van der Waals surface area contributed by atoms with Gasteiger partial charge >= 0.3 is 0 Å². The van der Waals surface area contributed by atoms with E-state index in [9.17, 15) is 0 Å². The highest BCUT2D eigenvalue weighted by Crippen LogP contribution is 2.21. The second kappa shape index (κ2) is 7.75. The maximum atomic E-state index is 6.03. The van der Waals surface area contributed by atoms with Gasteiger partial charge < -0.3 is 10.6 Å². The van der Waals surface area contributed by atoms with Gasteiger partial charge in [0.1, 0.15) is 5.82 Å². The number of benzene rings is 1. The molecule has 0 unspecified atom stereocenters. The Bertz CT molecular complexity index is 808. The molecule has 1 aromatic carbocycles. The highest BCUT2D eigenvalue weighted by Gasteiger charge is 2.07. The zero-order valence-electron chi connectivity index (χ0n) is 13.3. The molecule has 0 saturated heterocycles. The second-order valence-corrected chi connectivity index (χ2v) is 5.65. The van der Waals surface area contributed by atoms with Gasteiger partial charge in [-0.1, -0.05) is 23.7 Å². The Balaban J connectivity index is 1.85. The molecule has 122 valence electrons. The van der Waals surface area contributed by atoms with Crippen molar-refractivity contribution in [2.45, 2.75) is 13.5 Å². The summed E-state index contributed by atoms with van der Waals surface area (Å²) >= 11 is 6.03. The Labute approximate surface area is 146 Å². The molecule has 0 bridgehead atoms. The third kappa shape index (κ3) is 4.20. The molecule has 0 spiro atoms. The van der Waals surface area contributed by atoms with Crippen LogP contribution in [0.2, 0.25) is 5.02 Å². The van der Waals surface area contributed by atoms with Crippen molar-refractivity contribution in [3.8, 4) is 11.3 Å². The number of hydrogen-bond acceptors (Lipinski definition) is 5. The molecule has 2 aromatic heterocycles. The largest absolute Gasteiger partial charge is 0.366 e. The summed E-state index contributed by atoms with van der Waals surface area (Å²) in [5, 5.41) is 7.21. The van der Waals surface area contributed by atoms with Gasteiger partial charge in [0.25, 0.3) is 0 Å². The normalized spacial score (nSPS) is 10.4. The first kappa shape index (κ1) is 16.2. The first-order chi connectivity index (χ1) is 11.7. The van der Waals surface area contributed by atoms with Gasteiger partial charge in [-0.15, -0.1) is 0 Å². The van der Waals surface area contributed by atoms with E-state index in [2.05, 4.69) is 25.6 Å². The van der Waals surface area contributed by atoms with Crippen LogP contribution >= 0.6 is 11.6 Å². The van der Waals surface area contributed by atoms with Gasteiger partial charge in [0.05, 0.1) is 5.69 Å². The van der Waals surface area contributed by atoms with Gasteiger partial charge in [-0.3, -0.25) is 4.98 Å². The number of halogens is 1. The van der Waals surface area contributed by atoms with Crippen molar-refractivity contribution in [2.75, 3.05) is 17.2 Å². The maximum Gasteiger partial charge on any atom is 0.225 e. The number of nitrogens with one attached hydrogen (secondary N) is 2. The summed E-state index contributed by atoms with van der Waals surface area (Å²) in [5.41, 5.74) is 2.86. The van der Waals surface area contributed by atoms with Gasteiger partial charge in [0, 0.05) is 42.1 Å². The first-order valence-electron chi connectivity index (χ1n) is 7.76. The van der Waals surface area contributed by atoms with Crippen LogP contribution in [0.3, 0.4) is 0 Å². The van der Waals surface area contributed by atoms with Gasteiger partial charge in [0.2, 0.25) is 5.95 Å². The number of hydrogen-bond donors (Lipinski definition) is 2. The first-order valence-corrected chi connectivity index (χ1v) is 8.14. The fraction of sp³-hybridized carbons (Fsp3) is 0.167. The summed E-state index contributed by atoms with van der Waals surface area (Å²) in [6, 6.07) is 13.5. The van der Waals surface area contributed by atoms with E-state index in [0.717, 1.165) is 34.2 Å². The van der Waals surface area contributed by atoms with Gasteiger partial charge in [-0.05, 0) is 36.8 Å². The summed E-state index contributed by atoms with van der Waals surface area (Å²) in [4.78, 5) is 13.2. The second-order valence-electron chi connectivity index (χ2n) is 5.22. The number of nitrogens with zero attached hydrogens (tertiary/aromatic N) is 3. The fourth-order valence-electron chi connectivity index (χ4n) is 2.28. The Hall–Kier alpha value is -2.66. The smallest absolute Gasteiger partial charge is 0.225 e. The minimum atomic E-state index is 0.590. The van der Waals surface area contributed by atoms with E-state index in [1.165, 1.54) is 0 Å². The van der Waals surface area contributed by atoms with Crippen LogP contribution in [0.4, 0.5) is 11.8 Å². The van der Waals surface area contributed by atoms with Crippen molar-refractivity contribution in [3.63, 3.8) is 0 Å². The van der Waals surface area contributed by atoms with E-state index < -0.39 is 0 Å². The highest BCUT2D eigenvalue weighted by atomic mass is 35.5. The third-order valence-electron chi connectivity index (χ3n) is 3.38. The lowest BCUT2D eigenvalue weighted by atomic mass is 10.2. The van der Waals surface area contributed by atoms with Crippen LogP contribution in [0.1, 0.15) is 12.5 Å². The van der Waals surface area contributed by atoms with Crippen LogP contribution in [-0.4, -0.2) is 21.5 Å².